The van der Waals surface area contributed by atoms with Crippen LogP contribution in [0.5, 0.6) is 0 Å². The van der Waals surface area contributed by atoms with Gasteiger partial charge in [0.1, 0.15) is 0 Å². The summed E-state index contributed by atoms with van der Waals surface area (Å²) in [5, 5.41) is 6.55. The van der Waals surface area contributed by atoms with Crippen molar-refractivity contribution < 1.29 is 13.2 Å². The van der Waals surface area contributed by atoms with Crippen LogP contribution in [0.1, 0.15) is 19.5 Å². The van der Waals surface area contributed by atoms with Gasteiger partial charge in [-0.15, -0.1) is 0 Å². The number of aromatic amines is 1. The third kappa shape index (κ3) is 3.01. The number of anilines is 1. The van der Waals surface area contributed by atoms with Gasteiger partial charge >= 0.3 is 10.2 Å². The molecule has 2 heterocycles. The fourth-order valence-corrected chi connectivity index (χ4v) is 3.30. The van der Waals surface area contributed by atoms with Gasteiger partial charge in [0.25, 0.3) is 0 Å². The van der Waals surface area contributed by atoms with Crippen molar-refractivity contribution in [2.45, 2.75) is 33.0 Å². The minimum Gasteiger partial charge on any atom is -0.373 e. The van der Waals surface area contributed by atoms with Gasteiger partial charge in [-0.1, -0.05) is 0 Å². The highest BCUT2D eigenvalue weighted by atomic mass is 32.2. The van der Waals surface area contributed by atoms with E-state index in [9.17, 15) is 8.42 Å². The van der Waals surface area contributed by atoms with Crippen molar-refractivity contribution in [1.29, 1.82) is 0 Å². The molecule has 2 unspecified atom stereocenters. The molecular weight excluding hydrogens is 256 g/mol. The molecule has 1 fully saturated rings. The van der Waals surface area contributed by atoms with Gasteiger partial charge in [0.05, 0.1) is 12.2 Å². The standard InChI is InChI=1S/C10H18N4O3S/c1-7-4-10(12-11-7)13-18(15,16)14-5-8(2)17-9(3)6-14/h4,8-9H,5-6H2,1-3H3,(H2,11,12,13). The summed E-state index contributed by atoms with van der Waals surface area (Å²) in [4.78, 5) is 0. The van der Waals surface area contributed by atoms with Crippen LogP contribution in [0.15, 0.2) is 6.07 Å². The maximum absolute atomic E-state index is 12.2. The molecule has 0 aromatic carbocycles. The molecule has 2 rings (SSSR count). The lowest BCUT2D eigenvalue weighted by Gasteiger charge is -2.34. The van der Waals surface area contributed by atoms with E-state index in [0.717, 1.165) is 5.69 Å². The smallest absolute Gasteiger partial charge is 0.303 e. The molecular formula is C10H18N4O3S. The molecule has 1 aromatic rings. The summed E-state index contributed by atoms with van der Waals surface area (Å²) in [5.41, 5.74) is 0.802. The van der Waals surface area contributed by atoms with E-state index in [1.165, 1.54) is 4.31 Å². The lowest BCUT2D eigenvalue weighted by atomic mass is 10.3. The highest BCUT2D eigenvalue weighted by molar-refractivity contribution is 7.90. The van der Waals surface area contributed by atoms with E-state index >= 15 is 0 Å². The molecule has 2 N–H and O–H groups in total. The van der Waals surface area contributed by atoms with Crippen molar-refractivity contribution in [2.75, 3.05) is 17.8 Å². The number of nitrogens with one attached hydrogen (secondary N) is 2. The van der Waals surface area contributed by atoms with Gasteiger partial charge in [-0.3, -0.25) is 9.82 Å². The Balaban J connectivity index is 2.10. The predicted octanol–water partition coefficient (Wildman–Crippen LogP) is 0.484. The SMILES string of the molecule is Cc1cc(NS(=O)(=O)N2CC(C)OC(C)C2)n[nH]1. The van der Waals surface area contributed by atoms with Crippen LogP contribution in [0.2, 0.25) is 0 Å². The molecule has 8 heteroatoms. The van der Waals surface area contributed by atoms with E-state index in [-0.39, 0.29) is 12.2 Å². The second-order valence-electron chi connectivity index (χ2n) is 4.62. The Morgan fingerprint density at radius 2 is 2.06 bits per heavy atom. The quantitative estimate of drug-likeness (QED) is 0.839. The first kappa shape index (κ1) is 13.3. The Hall–Kier alpha value is -1.12. The second-order valence-corrected chi connectivity index (χ2v) is 6.29. The average molecular weight is 274 g/mol. The van der Waals surface area contributed by atoms with Crippen LogP contribution in [0.3, 0.4) is 0 Å². The van der Waals surface area contributed by atoms with Gasteiger partial charge in [0.2, 0.25) is 0 Å². The fourth-order valence-electron chi connectivity index (χ4n) is 1.99. The molecule has 0 bridgehead atoms. The molecule has 2 atom stereocenters. The lowest BCUT2D eigenvalue weighted by molar-refractivity contribution is -0.0439. The number of hydrogen-bond acceptors (Lipinski definition) is 4. The zero-order chi connectivity index (χ0) is 13.3. The van der Waals surface area contributed by atoms with Crippen LogP contribution in [0, 0.1) is 6.92 Å². The van der Waals surface area contributed by atoms with Gasteiger partial charge in [0, 0.05) is 24.8 Å². The molecule has 0 amide bonds. The van der Waals surface area contributed by atoms with Crippen LogP contribution >= 0.6 is 0 Å². The lowest BCUT2D eigenvalue weighted by Crippen LogP contribution is -2.49. The minimum atomic E-state index is -3.57. The van der Waals surface area contributed by atoms with Crippen LogP contribution in [0.4, 0.5) is 5.82 Å². The van der Waals surface area contributed by atoms with E-state index in [2.05, 4.69) is 14.9 Å². The molecule has 1 aromatic heterocycles. The Kier molecular flexibility index (Phi) is 3.60. The molecule has 0 aliphatic carbocycles. The summed E-state index contributed by atoms with van der Waals surface area (Å²) in [6, 6.07) is 1.64. The average Bonchev–Trinajstić information content (AvgIpc) is 2.61. The van der Waals surface area contributed by atoms with Gasteiger partial charge in [0.15, 0.2) is 5.82 Å². The third-order valence-electron chi connectivity index (χ3n) is 2.67. The maximum Gasteiger partial charge on any atom is 0.303 e. The molecule has 1 saturated heterocycles. The number of morpholine rings is 1. The van der Waals surface area contributed by atoms with Crippen molar-refractivity contribution in [1.82, 2.24) is 14.5 Å². The Bertz CT molecular complexity index is 503. The first-order valence-corrected chi connectivity index (χ1v) is 7.26. The predicted molar refractivity (Wildman–Crippen MR) is 67.4 cm³/mol. The second kappa shape index (κ2) is 4.87. The molecule has 7 nitrogen and oxygen atoms in total. The number of nitrogens with zero attached hydrogens (tertiary/aromatic N) is 2. The number of hydrogen-bond donors (Lipinski definition) is 2. The summed E-state index contributed by atoms with van der Waals surface area (Å²) in [5.74, 6) is 0.305. The zero-order valence-electron chi connectivity index (χ0n) is 10.7. The molecule has 0 saturated carbocycles. The zero-order valence-corrected chi connectivity index (χ0v) is 11.5. The summed E-state index contributed by atoms with van der Waals surface area (Å²) < 4.78 is 33.7. The van der Waals surface area contributed by atoms with E-state index < -0.39 is 10.2 Å². The normalized spacial score (nSPS) is 26.2. The number of ether oxygens (including phenoxy) is 1. The van der Waals surface area contributed by atoms with E-state index in [4.69, 9.17) is 4.74 Å². The van der Waals surface area contributed by atoms with Crippen molar-refractivity contribution in [3.05, 3.63) is 11.8 Å². The van der Waals surface area contributed by atoms with Crippen molar-refractivity contribution in [3.8, 4) is 0 Å². The van der Waals surface area contributed by atoms with Crippen LogP contribution < -0.4 is 4.72 Å². The minimum absolute atomic E-state index is 0.105. The summed E-state index contributed by atoms with van der Waals surface area (Å²) in [6.07, 6.45) is -0.211. The molecule has 102 valence electrons. The monoisotopic (exact) mass is 274 g/mol. The first-order chi connectivity index (χ1) is 8.37. The molecule has 0 spiro atoms. The largest absolute Gasteiger partial charge is 0.373 e. The Labute approximate surface area is 107 Å². The van der Waals surface area contributed by atoms with Gasteiger partial charge in [-0.25, -0.2) is 0 Å². The fraction of sp³-hybridized carbons (Fsp3) is 0.700. The summed E-state index contributed by atoms with van der Waals surface area (Å²) >= 11 is 0. The van der Waals surface area contributed by atoms with E-state index in [0.29, 0.717) is 18.9 Å². The Morgan fingerprint density at radius 1 is 1.44 bits per heavy atom. The van der Waals surface area contributed by atoms with Gasteiger partial charge in [-0.05, 0) is 20.8 Å². The molecule has 1 aliphatic heterocycles. The highest BCUT2D eigenvalue weighted by Gasteiger charge is 2.31. The van der Waals surface area contributed by atoms with E-state index in [1.54, 1.807) is 6.07 Å². The first-order valence-electron chi connectivity index (χ1n) is 5.82. The van der Waals surface area contributed by atoms with Crippen LogP contribution in [-0.4, -0.2) is 48.2 Å². The van der Waals surface area contributed by atoms with Crippen LogP contribution in [-0.2, 0) is 14.9 Å². The number of aryl methyl sites for hydroxylation is 1. The number of H-pyrrole nitrogens is 1. The van der Waals surface area contributed by atoms with Crippen LogP contribution in [0.25, 0.3) is 0 Å². The van der Waals surface area contributed by atoms with Gasteiger partial charge in [-0.2, -0.15) is 17.8 Å². The van der Waals surface area contributed by atoms with Crippen molar-refractivity contribution in [3.63, 3.8) is 0 Å². The van der Waals surface area contributed by atoms with Crippen molar-refractivity contribution in [2.24, 2.45) is 0 Å². The number of rotatable bonds is 3. The molecule has 18 heavy (non-hydrogen) atoms. The molecule has 1 aliphatic rings. The van der Waals surface area contributed by atoms with Gasteiger partial charge < -0.3 is 4.74 Å². The topological polar surface area (TPSA) is 87.3 Å². The van der Waals surface area contributed by atoms with E-state index in [1.807, 2.05) is 20.8 Å². The Morgan fingerprint density at radius 3 is 2.56 bits per heavy atom. The molecule has 0 radical (unpaired) electrons. The highest BCUT2D eigenvalue weighted by Crippen LogP contribution is 2.16. The summed E-state index contributed by atoms with van der Waals surface area (Å²) in [7, 11) is -3.57. The summed E-state index contributed by atoms with van der Waals surface area (Å²) in [6.45, 7) is 6.23. The van der Waals surface area contributed by atoms with Crippen molar-refractivity contribution >= 4 is 16.0 Å². The number of aromatic nitrogens is 2. The third-order valence-corrected chi connectivity index (χ3v) is 4.11. The maximum atomic E-state index is 12.2.